The molecule has 13 heavy (non-hydrogen) atoms. The maximum atomic E-state index is 12.1. The van der Waals surface area contributed by atoms with Crippen LogP contribution in [0.1, 0.15) is 5.56 Å². The molecule has 1 nitrogen and oxygen atoms in total. The van der Waals surface area contributed by atoms with Crippen molar-refractivity contribution >= 4 is 27.3 Å². The summed E-state index contributed by atoms with van der Waals surface area (Å²) in [5.74, 6) is 0. The molecule has 0 saturated heterocycles. The van der Waals surface area contributed by atoms with E-state index in [1.54, 1.807) is 0 Å². The van der Waals surface area contributed by atoms with E-state index in [-0.39, 0.29) is 0 Å². The Morgan fingerprint density at radius 1 is 1.46 bits per heavy atom. The van der Waals surface area contributed by atoms with Gasteiger partial charge in [-0.2, -0.15) is 13.2 Å². The van der Waals surface area contributed by atoms with Crippen LogP contribution >= 0.6 is 27.3 Å². The number of hydrogen-bond acceptors (Lipinski definition) is 2. The lowest BCUT2D eigenvalue weighted by atomic mass is 10.3. The van der Waals surface area contributed by atoms with Gasteiger partial charge in [0.1, 0.15) is 0 Å². The first kappa shape index (κ1) is 10.8. The highest BCUT2D eigenvalue weighted by Gasteiger charge is 2.31. The van der Waals surface area contributed by atoms with Crippen molar-refractivity contribution in [1.82, 2.24) is 0 Å². The predicted molar refractivity (Wildman–Crippen MR) is 48.6 cm³/mol. The summed E-state index contributed by atoms with van der Waals surface area (Å²) in [6, 6.07) is 1.01. The van der Waals surface area contributed by atoms with Crippen molar-refractivity contribution in [2.75, 3.05) is 11.9 Å². The number of thiophene rings is 1. The van der Waals surface area contributed by atoms with Crippen molar-refractivity contribution in [3.05, 3.63) is 17.0 Å². The van der Waals surface area contributed by atoms with Gasteiger partial charge in [0.15, 0.2) is 5.06 Å². The average molecular weight is 275 g/mol. The van der Waals surface area contributed by atoms with Crippen LogP contribution in [0.2, 0.25) is 0 Å². The fourth-order valence-electron chi connectivity index (χ4n) is 0.680. The lowest BCUT2D eigenvalue weighted by Crippen LogP contribution is -2.02. The second-order valence-electron chi connectivity index (χ2n) is 2.19. The first-order chi connectivity index (χ1) is 6.04. The molecule has 0 N–H and O–H groups in total. The predicted octanol–water partition coefficient (Wildman–Crippen LogP) is 3.54. The first-order valence-electron chi connectivity index (χ1n) is 3.38. The minimum atomic E-state index is -4.27. The van der Waals surface area contributed by atoms with Gasteiger partial charge in [-0.05, 0) is 0 Å². The van der Waals surface area contributed by atoms with Crippen LogP contribution in [-0.4, -0.2) is 11.9 Å². The number of alkyl halides is 4. The average Bonchev–Trinajstić information content (AvgIpc) is 2.47. The van der Waals surface area contributed by atoms with Crippen LogP contribution in [0.15, 0.2) is 11.4 Å². The minimum Gasteiger partial charge on any atom is -0.483 e. The molecular formula is C7H6BrF3OS. The second-order valence-corrected chi connectivity index (χ2v) is 3.86. The molecule has 1 aromatic heterocycles. The Kier molecular flexibility index (Phi) is 3.61. The summed E-state index contributed by atoms with van der Waals surface area (Å²) in [7, 11) is 0. The Balaban J connectivity index is 2.64. The van der Waals surface area contributed by atoms with E-state index < -0.39 is 11.7 Å². The Labute approximate surface area is 85.6 Å². The van der Waals surface area contributed by atoms with Crippen molar-refractivity contribution in [2.24, 2.45) is 0 Å². The summed E-state index contributed by atoms with van der Waals surface area (Å²) >= 11 is 4.06. The topological polar surface area (TPSA) is 9.23 Å². The highest BCUT2D eigenvalue weighted by atomic mass is 79.9. The van der Waals surface area contributed by atoms with Crippen molar-refractivity contribution in [3.8, 4) is 5.06 Å². The summed E-state index contributed by atoms with van der Waals surface area (Å²) < 4.78 is 41.2. The molecule has 0 spiro atoms. The molecular weight excluding hydrogens is 269 g/mol. The summed E-state index contributed by atoms with van der Waals surface area (Å²) in [6.07, 6.45) is -4.27. The van der Waals surface area contributed by atoms with E-state index in [0.29, 0.717) is 17.0 Å². The molecule has 0 aromatic carbocycles. The third-order valence-electron chi connectivity index (χ3n) is 1.22. The molecule has 1 aromatic rings. The largest absolute Gasteiger partial charge is 0.483 e. The molecule has 0 bridgehead atoms. The maximum absolute atomic E-state index is 12.1. The van der Waals surface area contributed by atoms with Gasteiger partial charge in [-0.25, -0.2) is 0 Å². The molecule has 0 radical (unpaired) electrons. The molecule has 6 heteroatoms. The van der Waals surface area contributed by atoms with E-state index in [0.717, 1.165) is 22.8 Å². The molecule has 74 valence electrons. The fourth-order valence-corrected chi connectivity index (χ4v) is 1.63. The summed E-state index contributed by atoms with van der Waals surface area (Å²) in [4.78, 5) is 0. The Morgan fingerprint density at radius 2 is 2.15 bits per heavy atom. The van der Waals surface area contributed by atoms with E-state index in [1.165, 1.54) is 0 Å². The van der Waals surface area contributed by atoms with E-state index in [1.807, 2.05) is 0 Å². The summed E-state index contributed by atoms with van der Waals surface area (Å²) in [6.45, 7) is 0.373. The van der Waals surface area contributed by atoms with E-state index in [9.17, 15) is 13.2 Å². The molecule has 0 aliphatic heterocycles. The second kappa shape index (κ2) is 4.32. The van der Waals surface area contributed by atoms with Gasteiger partial charge in [-0.1, -0.05) is 15.9 Å². The Bertz CT molecular complexity index is 271. The van der Waals surface area contributed by atoms with Gasteiger partial charge in [0.2, 0.25) is 0 Å². The van der Waals surface area contributed by atoms with Crippen LogP contribution in [-0.2, 0) is 6.18 Å². The van der Waals surface area contributed by atoms with E-state index in [2.05, 4.69) is 15.9 Å². The zero-order valence-corrected chi connectivity index (χ0v) is 8.80. The molecule has 0 saturated carbocycles. The number of rotatable bonds is 3. The molecule has 0 amide bonds. The molecule has 0 unspecified atom stereocenters. The van der Waals surface area contributed by atoms with Crippen LogP contribution in [0.5, 0.6) is 5.06 Å². The Morgan fingerprint density at radius 3 is 2.62 bits per heavy atom. The number of ether oxygens (including phenoxy) is 1. The first-order valence-corrected chi connectivity index (χ1v) is 5.38. The lowest BCUT2D eigenvalue weighted by Gasteiger charge is -2.01. The summed E-state index contributed by atoms with van der Waals surface area (Å²) in [5.41, 5.74) is -0.651. The normalized spacial score (nSPS) is 11.7. The molecule has 0 aliphatic carbocycles. The van der Waals surface area contributed by atoms with Gasteiger partial charge in [-0.3, -0.25) is 0 Å². The molecule has 1 heterocycles. The van der Waals surface area contributed by atoms with Gasteiger partial charge in [0.05, 0.1) is 12.2 Å². The fraction of sp³-hybridized carbons (Fsp3) is 0.429. The van der Waals surface area contributed by atoms with Crippen LogP contribution < -0.4 is 4.74 Å². The van der Waals surface area contributed by atoms with Gasteiger partial charge >= 0.3 is 6.18 Å². The van der Waals surface area contributed by atoms with Gasteiger partial charge < -0.3 is 4.74 Å². The zero-order chi connectivity index (χ0) is 9.90. The van der Waals surface area contributed by atoms with Crippen LogP contribution in [0.25, 0.3) is 0 Å². The summed E-state index contributed by atoms with van der Waals surface area (Å²) in [5, 5.41) is 1.95. The zero-order valence-electron chi connectivity index (χ0n) is 6.40. The van der Waals surface area contributed by atoms with Crippen molar-refractivity contribution < 1.29 is 17.9 Å². The van der Waals surface area contributed by atoms with Gasteiger partial charge in [-0.15, -0.1) is 11.3 Å². The van der Waals surface area contributed by atoms with Gasteiger partial charge in [0, 0.05) is 16.8 Å². The van der Waals surface area contributed by atoms with Crippen molar-refractivity contribution in [2.45, 2.75) is 6.18 Å². The number of hydrogen-bond donors (Lipinski definition) is 0. The standard InChI is InChI=1S/C7H6BrF3OS/c8-1-2-12-6-3-5(4-13-6)7(9,10)11/h3-4H,1-2H2. The van der Waals surface area contributed by atoms with Crippen molar-refractivity contribution in [1.29, 1.82) is 0 Å². The third-order valence-corrected chi connectivity index (χ3v) is 2.39. The maximum Gasteiger partial charge on any atom is 0.417 e. The molecule has 0 aliphatic rings. The number of halogens is 4. The van der Waals surface area contributed by atoms with E-state index in [4.69, 9.17) is 4.74 Å². The third kappa shape index (κ3) is 3.19. The quantitative estimate of drug-likeness (QED) is 0.767. The van der Waals surface area contributed by atoms with Crippen LogP contribution in [0.3, 0.4) is 0 Å². The monoisotopic (exact) mass is 274 g/mol. The highest BCUT2D eigenvalue weighted by molar-refractivity contribution is 9.09. The van der Waals surface area contributed by atoms with E-state index >= 15 is 0 Å². The molecule has 1 rings (SSSR count). The van der Waals surface area contributed by atoms with Crippen LogP contribution in [0.4, 0.5) is 13.2 Å². The van der Waals surface area contributed by atoms with Gasteiger partial charge in [0.25, 0.3) is 0 Å². The lowest BCUT2D eigenvalue weighted by molar-refractivity contribution is -0.137. The minimum absolute atomic E-state index is 0.298. The molecule has 0 fully saturated rings. The van der Waals surface area contributed by atoms with Crippen molar-refractivity contribution in [3.63, 3.8) is 0 Å². The van der Waals surface area contributed by atoms with Crippen LogP contribution in [0, 0.1) is 0 Å². The molecule has 0 atom stereocenters. The SMILES string of the molecule is FC(F)(F)c1csc(OCCBr)c1. The Hall–Kier alpha value is -0.230. The highest BCUT2D eigenvalue weighted by Crippen LogP contribution is 2.35. The smallest absolute Gasteiger partial charge is 0.417 e.